The number of carbonyl (C=O) groups is 1. The first kappa shape index (κ1) is 24.5. The summed E-state index contributed by atoms with van der Waals surface area (Å²) in [5.74, 6) is -0.298. The number of amides is 1. The monoisotopic (exact) mass is 517 g/mol. The van der Waals surface area contributed by atoms with Gasteiger partial charge < -0.3 is 21.3 Å². The van der Waals surface area contributed by atoms with Gasteiger partial charge in [0.15, 0.2) is 11.6 Å². The third kappa shape index (κ3) is 5.65. The molecule has 2 aromatic heterocycles. The average molecular weight is 518 g/mol. The molecule has 1 aliphatic heterocycles. The van der Waals surface area contributed by atoms with Gasteiger partial charge >= 0.3 is 0 Å². The highest BCUT2D eigenvalue weighted by atomic mass is 35.5. The summed E-state index contributed by atoms with van der Waals surface area (Å²) in [6.45, 7) is 4.90. The molecule has 2 aromatic carbocycles. The van der Waals surface area contributed by atoms with Gasteiger partial charge in [0.2, 0.25) is 0 Å². The van der Waals surface area contributed by atoms with Crippen LogP contribution in [0.2, 0.25) is 5.02 Å². The highest BCUT2D eigenvalue weighted by Gasteiger charge is 2.20. The Bertz CT molecular complexity index is 1430. The Labute approximate surface area is 219 Å². The molecule has 0 saturated carbocycles. The van der Waals surface area contributed by atoms with Crippen LogP contribution in [0.4, 0.5) is 11.4 Å². The smallest absolute Gasteiger partial charge is 0.274 e. The third-order valence-electron chi connectivity index (χ3n) is 6.35. The Balaban J connectivity index is 1.30. The van der Waals surface area contributed by atoms with E-state index in [2.05, 4.69) is 30.5 Å². The number of piperazine rings is 1. The Morgan fingerprint density at radius 2 is 1.89 bits per heavy atom. The lowest BCUT2D eigenvalue weighted by atomic mass is 10.1. The van der Waals surface area contributed by atoms with Crippen molar-refractivity contribution in [2.45, 2.75) is 0 Å². The fourth-order valence-electron chi connectivity index (χ4n) is 4.46. The predicted molar refractivity (Wildman–Crippen MR) is 146 cm³/mol. The Kier molecular flexibility index (Phi) is 7.20. The standard InChI is InChI=1S/C26H28ClN9O/c27-19-5-3-4-18(16-19)20-17-31-36-10-8-22(32-24(20)36)25(37)33-21-6-1-2-7-23(21)35-14-12-34(13-15-35)11-9-30-26(28)29/h1-8,10,16-17H,9,11-15H2,(H,33,37)(H4,28,29,30). The molecule has 5 rings (SSSR count). The molecule has 10 nitrogen and oxygen atoms in total. The van der Waals surface area contributed by atoms with Crippen molar-refractivity contribution in [3.8, 4) is 11.1 Å². The summed E-state index contributed by atoms with van der Waals surface area (Å²) in [6, 6.07) is 16.9. The zero-order valence-corrected chi connectivity index (χ0v) is 20.9. The van der Waals surface area contributed by atoms with Gasteiger partial charge in [-0.1, -0.05) is 35.9 Å². The maximum Gasteiger partial charge on any atom is 0.274 e. The molecule has 1 fully saturated rings. The van der Waals surface area contributed by atoms with E-state index in [-0.39, 0.29) is 11.9 Å². The van der Waals surface area contributed by atoms with Crippen LogP contribution < -0.4 is 21.3 Å². The summed E-state index contributed by atoms with van der Waals surface area (Å²) in [6.07, 6.45) is 3.46. The van der Waals surface area contributed by atoms with Crippen molar-refractivity contribution in [1.82, 2.24) is 24.8 Å². The van der Waals surface area contributed by atoms with Gasteiger partial charge in [-0.2, -0.15) is 5.10 Å². The predicted octanol–water partition coefficient (Wildman–Crippen LogP) is 2.91. The number of halogens is 1. The van der Waals surface area contributed by atoms with Gasteiger partial charge in [0.05, 0.1) is 17.6 Å². The van der Waals surface area contributed by atoms with Crippen molar-refractivity contribution in [1.29, 1.82) is 5.41 Å². The number of guanidine groups is 1. The number of rotatable bonds is 7. The minimum Gasteiger partial charge on any atom is -0.370 e. The SMILES string of the molecule is N=C(N)NCCN1CCN(c2ccccc2NC(=O)c2ccn3ncc(-c4cccc(Cl)c4)c3n2)CC1. The molecular weight excluding hydrogens is 490 g/mol. The molecule has 0 radical (unpaired) electrons. The number of hydrogen-bond donors (Lipinski definition) is 4. The van der Waals surface area contributed by atoms with Crippen molar-refractivity contribution in [2.24, 2.45) is 5.73 Å². The molecule has 0 unspecified atom stereocenters. The van der Waals surface area contributed by atoms with E-state index in [0.717, 1.165) is 55.2 Å². The summed E-state index contributed by atoms with van der Waals surface area (Å²) in [4.78, 5) is 22.5. The number of aromatic nitrogens is 3. The first-order chi connectivity index (χ1) is 18.0. The normalized spacial score (nSPS) is 14.0. The second-order valence-electron chi connectivity index (χ2n) is 8.79. The van der Waals surface area contributed by atoms with E-state index in [1.807, 2.05) is 48.5 Å². The van der Waals surface area contributed by atoms with E-state index in [0.29, 0.717) is 22.9 Å². The number of nitrogens with zero attached hydrogens (tertiary/aromatic N) is 5. The number of fused-ring (bicyclic) bond motifs is 1. The number of carbonyl (C=O) groups excluding carboxylic acids is 1. The lowest BCUT2D eigenvalue weighted by Gasteiger charge is -2.37. The molecular formula is C26H28ClN9O. The molecule has 0 aliphatic carbocycles. The number of nitrogens with one attached hydrogen (secondary N) is 3. The summed E-state index contributed by atoms with van der Waals surface area (Å²) in [7, 11) is 0. The van der Waals surface area contributed by atoms with Crippen molar-refractivity contribution in [3.63, 3.8) is 0 Å². The second-order valence-corrected chi connectivity index (χ2v) is 9.23. The fraction of sp³-hybridized carbons (Fsp3) is 0.231. The quantitative estimate of drug-likeness (QED) is 0.219. The molecule has 4 aromatic rings. The molecule has 3 heterocycles. The number of hydrogen-bond acceptors (Lipinski definition) is 6. The van der Waals surface area contributed by atoms with E-state index in [1.165, 1.54) is 0 Å². The minimum atomic E-state index is -0.290. The van der Waals surface area contributed by atoms with Crippen molar-refractivity contribution < 1.29 is 4.79 Å². The fourth-order valence-corrected chi connectivity index (χ4v) is 4.65. The zero-order chi connectivity index (χ0) is 25.8. The van der Waals surface area contributed by atoms with Crippen LogP contribution in [0.25, 0.3) is 16.8 Å². The summed E-state index contributed by atoms with van der Waals surface area (Å²) < 4.78 is 1.65. The highest BCUT2D eigenvalue weighted by molar-refractivity contribution is 6.30. The Morgan fingerprint density at radius 3 is 2.68 bits per heavy atom. The van der Waals surface area contributed by atoms with Crippen LogP contribution in [-0.2, 0) is 0 Å². The molecule has 0 spiro atoms. The van der Waals surface area contributed by atoms with E-state index in [9.17, 15) is 4.79 Å². The van der Waals surface area contributed by atoms with Gasteiger partial charge in [-0.3, -0.25) is 15.1 Å². The van der Waals surface area contributed by atoms with Crippen LogP contribution >= 0.6 is 11.6 Å². The lowest BCUT2D eigenvalue weighted by molar-refractivity contribution is 0.102. The van der Waals surface area contributed by atoms with Gasteiger partial charge in [0, 0.05) is 56.1 Å². The molecule has 11 heteroatoms. The highest BCUT2D eigenvalue weighted by Crippen LogP contribution is 2.28. The number of benzene rings is 2. The number of para-hydroxylation sites is 2. The van der Waals surface area contributed by atoms with Crippen LogP contribution in [0.1, 0.15) is 10.5 Å². The minimum absolute atomic E-state index is 0.00846. The summed E-state index contributed by atoms with van der Waals surface area (Å²) in [5.41, 5.74) is 9.64. The van der Waals surface area contributed by atoms with Gasteiger partial charge in [0.25, 0.3) is 5.91 Å². The maximum absolute atomic E-state index is 13.3. The summed E-state index contributed by atoms with van der Waals surface area (Å²) in [5, 5.41) is 18.2. The molecule has 1 amide bonds. The average Bonchev–Trinajstić information content (AvgIpc) is 3.33. The van der Waals surface area contributed by atoms with Gasteiger partial charge in [0.1, 0.15) is 5.69 Å². The van der Waals surface area contributed by atoms with Crippen LogP contribution in [0, 0.1) is 5.41 Å². The Hall–Kier alpha value is -4.15. The van der Waals surface area contributed by atoms with Crippen LogP contribution in [0.3, 0.4) is 0 Å². The molecule has 190 valence electrons. The number of anilines is 2. The summed E-state index contributed by atoms with van der Waals surface area (Å²) >= 11 is 6.17. The molecule has 0 bridgehead atoms. The van der Waals surface area contributed by atoms with E-state index in [1.54, 1.807) is 23.0 Å². The largest absolute Gasteiger partial charge is 0.370 e. The molecule has 5 N–H and O–H groups in total. The Morgan fingerprint density at radius 1 is 1.08 bits per heavy atom. The van der Waals surface area contributed by atoms with Crippen LogP contribution in [0.5, 0.6) is 0 Å². The van der Waals surface area contributed by atoms with Crippen molar-refractivity contribution >= 4 is 40.5 Å². The van der Waals surface area contributed by atoms with E-state index >= 15 is 0 Å². The first-order valence-electron chi connectivity index (χ1n) is 12.0. The van der Waals surface area contributed by atoms with Crippen LogP contribution in [-0.4, -0.2) is 70.6 Å². The van der Waals surface area contributed by atoms with Crippen molar-refractivity contribution in [3.05, 3.63) is 77.7 Å². The third-order valence-corrected chi connectivity index (χ3v) is 6.58. The van der Waals surface area contributed by atoms with Gasteiger partial charge in [-0.25, -0.2) is 9.50 Å². The van der Waals surface area contributed by atoms with E-state index < -0.39 is 0 Å². The van der Waals surface area contributed by atoms with Crippen molar-refractivity contribution in [2.75, 3.05) is 49.5 Å². The second kappa shape index (κ2) is 10.9. The topological polar surface area (TPSA) is 128 Å². The van der Waals surface area contributed by atoms with Gasteiger partial charge in [-0.05, 0) is 35.9 Å². The first-order valence-corrected chi connectivity index (χ1v) is 12.4. The molecule has 1 aliphatic rings. The number of nitrogens with two attached hydrogens (primary N) is 1. The molecule has 1 saturated heterocycles. The maximum atomic E-state index is 13.3. The zero-order valence-electron chi connectivity index (χ0n) is 20.2. The molecule has 37 heavy (non-hydrogen) atoms. The molecule has 0 atom stereocenters. The van der Waals surface area contributed by atoms with Crippen LogP contribution in [0.15, 0.2) is 67.0 Å². The van der Waals surface area contributed by atoms with E-state index in [4.69, 9.17) is 22.7 Å². The lowest BCUT2D eigenvalue weighted by Crippen LogP contribution is -2.49. The van der Waals surface area contributed by atoms with Gasteiger partial charge in [-0.15, -0.1) is 0 Å².